The van der Waals surface area contributed by atoms with E-state index in [1.54, 1.807) is 11.3 Å². The van der Waals surface area contributed by atoms with Crippen molar-refractivity contribution in [2.45, 2.75) is 71.6 Å². The zero-order valence-corrected chi connectivity index (χ0v) is 19.8. The van der Waals surface area contributed by atoms with Gasteiger partial charge in [0.05, 0.1) is 6.61 Å². The highest BCUT2D eigenvalue weighted by Crippen LogP contribution is 2.45. The number of carboxylic acids is 1. The van der Waals surface area contributed by atoms with Gasteiger partial charge in [-0.05, 0) is 78.8 Å². The van der Waals surface area contributed by atoms with Gasteiger partial charge in [0, 0.05) is 22.1 Å². The molecule has 1 saturated carbocycles. The van der Waals surface area contributed by atoms with Crippen molar-refractivity contribution in [2.24, 2.45) is 0 Å². The maximum Gasteiger partial charge on any atom is 0.328 e. The van der Waals surface area contributed by atoms with E-state index in [-0.39, 0.29) is 0 Å². The van der Waals surface area contributed by atoms with Crippen LogP contribution in [0.5, 0.6) is 5.75 Å². The largest absolute Gasteiger partial charge is 0.493 e. The van der Waals surface area contributed by atoms with E-state index in [0.717, 1.165) is 29.0 Å². The molecule has 1 heterocycles. The Morgan fingerprint density at radius 1 is 1.19 bits per heavy atom. The summed E-state index contributed by atoms with van der Waals surface area (Å²) < 4.78 is 6.42. The Hall–Kier alpha value is -2.33. The molecule has 0 bridgehead atoms. The number of carbonyl (C=O) groups is 1. The quantitative estimate of drug-likeness (QED) is 0.320. The molecule has 1 aromatic carbocycles. The Morgan fingerprint density at radius 3 is 2.65 bits per heavy atom. The molecule has 0 saturated heterocycles. The van der Waals surface area contributed by atoms with Crippen LogP contribution >= 0.6 is 11.3 Å². The summed E-state index contributed by atoms with van der Waals surface area (Å²) in [6.07, 6.45) is 13.5. The summed E-state index contributed by atoms with van der Waals surface area (Å²) in [5, 5.41) is 11.1. The second-order valence-electron chi connectivity index (χ2n) is 8.36. The Labute approximate surface area is 190 Å². The minimum atomic E-state index is -0.920. The van der Waals surface area contributed by atoms with Crippen LogP contribution in [0.4, 0.5) is 0 Å². The molecular weight excluding hydrogens is 404 g/mol. The molecule has 0 radical (unpaired) electrons. The van der Waals surface area contributed by atoms with Crippen molar-refractivity contribution in [2.75, 3.05) is 6.61 Å². The standard InChI is InChI=1S/C27H34O3S/c1-4-14-30-27-23(21-9-7-6-8-10-21)17-20(5-2)18-24(27)22-13-15-31-25(22)12-11-19(3)16-26(28)29/h11-13,15-18,21H,4-10,14H2,1-3H3,(H,28,29)/b12-11+,19-16+. The predicted molar refractivity (Wildman–Crippen MR) is 131 cm³/mol. The first-order chi connectivity index (χ1) is 15.0. The summed E-state index contributed by atoms with van der Waals surface area (Å²) >= 11 is 1.68. The molecule has 4 heteroatoms. The lowest BCUT2D eigenvalue weighted by Gasteiger charge is -2.26. The van der Waals surface area contributed by atoms with E-state index >= 15 is 0 Å². The normalized spacial score (nSPS) is 15.5. The number of aryl methyl sites for hydroxylation is 1. The average Bonchev–Trinajstić information content (AvgIpc) is 3.24. The zero-order chi connectivity index (χ0) is 22.2. The monoisotopic (exact) mass is 438 g/mol. The fraction of sp³-hybridized carbons (Fsp3) is 0.444. The third-order valence-electron chi connectivity index (χ3n) is 5.92. The first kappa shape index (κ1) is 23.3. The summed E-state index contributed by atoms with van der Waals surface area (Å²) in [5.41, 5.74) is 5.80. The van der Waals surface area contributed by atoms with Gasteiger partial charge in [0.25, 0.3) is 0 Å². The maximum absolute atomic E-state index is 10.9. The molecule has 1 aromatic heterocycles. The maximum atomic E-state index is 10.9. The van der Waals surface area contributed by atoms with Gasteiger partial charge >= 0.3 is 5.97 Å². The number of ether oxygens (including phenoxy) is 1. The molecule has 1 aliphatic rings. The number of benzene rings is 1. The van der Waals surface area contributed by atoms with E-state index in [1.165, 1.54) is 60.4 Å². The van der Waals surface area contributed by atoms with E-state index in [1.807, 2.05) is 19.1 Å². The van der Waals surface area contributed by atoms with Crippen molar-refractivity contribution in [3.8, 4) is 16.9 Å². The van der Waals surface area contributed by atoms with Crippen LogP contribution in [0.15, 0.2) is 41.3 Å². The molecule has 0 amide bonds. The Kier molecular flexibility index (Phi) is 8.53. The highest BCUT2D eigenvalue weighted by atomic mass is 32.1. The van der Waals surface area contributed by atoms with Crippen LogP contribution < -0.4 is 4.74 Å². The first-order valence-corrected chi connectivity index (χ1v) is 12.4. The number of hydrogen-bond acceptors (Lipinski definition) is 3. The molecule has 3 rings (SSSR count). The number of carboxylic acid groups (broad SMARTS) is 1. The van der Waals surface area contributed by atoms with E-state index in [9.17, 15) is 4.79 Å². The molecule has 31 heavy (non-hydrogen) atoms. The fourth-order valence-corrected chi connectivity index (χ4v) is 5.12. The average molecular weight is 439 g/mol. The van der Waals surface area contributed by atoms with Crippen LogP contribution in [0, 0.1) is 0 Å². The molecule has 1 aliphatic carbocycles. The van der Waals surface area contributed by atoms with E-state index in [0.29, 0.717) is 12.5 Å². The van der Waals surface area contributed by atoms with Gasteiger partial charge < -0.3 is 9.84 Å². The van der Waals surface area contributed by atoms with Crippen molar-refractivity contribution in [1.29, 1.82) is 0 Å². The molecule has 1 fully saturated rings. The molecule has 166 valence electrons. The summed E-state index contributed by atoms with van der Waals surface area (Å²) in [4.78, 5) is 12.1. The van der Waals surface area contributed by atoms with Crippen molar-refractivity contribution in [3.63, 3.8) is 0 Å². The lowest BCUT2D eigenvalue weighted by molar-refractivity contribution is -0.131. The van der Waals surface area contributed by atoms with E-state index in [4.69, 9.17) is 9.84 Å². The lowest BCUT2D eigenvalue weighted by atomic mass is 9.81. The predicted octanol–water partition coefficient (Wildman–Crippen LogP) is 7.86. The Balaban J connectivity index is 2.09. The third kappa shape index (κ3) is 6.10. The summed E-state index contributed by atoms with van der Waals surface area (Å²) in [6.45, 7) is 6.89. The van der Waals surface area contributed by atoms with Gasteiger partial charge in [0.1, 0.15) is 5.75 Å². The van der Waals surface area contributed by atoms with Gasteiger partial charge in [-0.2, -0.15) is 0 Å². The number of hydrogen-bond donors (Lipinski definition) is 1. The summed E-state index contributed by atoms with van der Waals surface area (Å²) in [5.74, 6) is 0.706. The molecular formula is C27H34O3S. The second-order valence-corrected chi connectivity index (χ2v) is 9.30. The molecule has 0 unspecified atom stereocenters. The number of rotatable bonds is 9. The van der Waals surface area contributed by atoms with Crippen molar-refractivity contribution in [3.05, 3.63) is 57.3 Å². The van der Waals surface area contributed by atoms with Crippen LogP contribution in [0.1, 0.15) is 81.2 Å². The fourth-order valence-electron chi connectivity index (χ4n) is 4.32. The van der Waals surface area contributed by atoms with Crippen LogP contribution in [-0.4, -0.2) is 17.7 Å². The smallest absolute Gasteiger partial charge is 0.328 e. The zero-order valence-electron chi connectivity index (χ0n) is 18.9. The molecule has 1 N–H and O–H groups in total. The number of allylic oxidation sites excluding steroid dienone is 2. The number of aliphatic carboxylic acids is 1. The third-order valence-corrected chi connectivity index (χ3v) is 6.80. The Morgan fingerprint density at radius 2 is 1.97 bits per heavy atom. The van der Waals surface area contributed by atoms with Crippen LogP contribution in [-0.2, 0) is 11.2 Å². The van der Waals surface area contributed by atoms with E-state index < -0.39 is 5.97 Å². The molecule has 0 aliphatic heterocycles. The Bertz CT molecular complexity index is 945. The van der Waals surface area contributed by atoms with Gasteiger partial charge in [-0.3, -0.25) is 0 Å². The molecule has 0 spiro atoms. The van der Waals surface area contributed by atoms with Crippen LogP contribution in [0.2, 0.25) is 0 Å². The van der Waals surface area contributed by atoms with Gasteiger partial charge in [-0.25, -0.2) is 4.79 Å². The highest BCUT2D eigenvalue weighted by Gasteiger charge is 2.24. The minimum Gasteiger partial charge on any atom is -0.493 e. The number of thiophene rings is 1. The summed E-state index contributed by atoms with van der Waals surface area (Å²) in [6, 6.07) is 6.83. The summed E-state index contributed by atoms with van der Waals surface area (Å²) in [7, 11) is 0. The van der Waals surface area contributed by atoms with Gasteiger partial charge in [0.15, 0.2) is 0 Å². The highest BCUT2D eigenvalue weighted by molar-refractivity contribution is 7.11. The molecule has 0 atom stereocenters. The van der Waals surface area contributed by atoms with Gasteiger partial charge in [-0.15, -0.1) is 11.3 Å². The van der Waals surface area contributed by atoms with E-state index in [2.05, 4.69) is 37.4 Å². The lowest BCUT2D eigenvalue weighted by Crippen LogP contribution is -2.09. The van der Waals surface area contributed by atoms with Crippen molar-refractivity contribution >= 4 is 23.4 Å². The SMILES string of the molecule is CCCOc1c(-c2ccsc2/C=C/C(C)=C/C(=O)O)cc(CC)cc1C1CCCCC1. The van der Waals surface area contributed by atoms with Crippen LogP contribution in [0.25, 0.3) is 17.2 Å². The van der Waals surface area contributed by atoms with Crippen LogP contribution in [0.3, 0.4) is 0 Å². The van der Waals surface area contributed by atoms with Crippen molar-refractivity contribution < 1.29 is 14.6 Å². The molecule has 3 nitrogen and oxygen atoms in total. The minimum absolute atomic E-state index is 0.573. The molecule has 2 aromatic rings. The van der Waals surface area contributed by atoms with Gasteiger partial charge in [0.2, 0.25) is 0 Å². The van der Waals surface area contributed by atoms with Gasteiger partial charge in [-0.1, -0.05) is 45.3 Å². The second kappa shape index (κ2) is 11.3. The van der Waals surface area contributed by atoms with Crippen molar-refractivity contribution in [1.82, 2.24) is 0 Å². The topological polar surface area (TPSA) is 46.5 Å². The first-order valence-electron chi connectivity index (χ1n) is 11.5.